The first kappa shape index (κ1) is 30.8. The highest BCUT2D eigenvalue weighted by molar-refractivity contribution is 6.32. The van der Waals surface area contributed by atoms with Gasteiger partial charge in [-0.2, -0.15) is 0 Å². The fourth-order valence-electron chi connectivity index (χ4n) is 4.70. The molecule has 1 saturated heterocycles. The van der Waals surface area contributed by atoms with Gasteiger partial charge in [0.05, 0.1) is 6.54 Å². The summed E-state index contributed by atoms with van der Waals surface area (Å²) in [6, 6.07) is 13.4. The molecule has 1 aliphatic rings. The van der Waals surface area contributed by atoms with E-state index in [2.05, 4.69) is 22.5 Å². The van der Waals surface area contributed by atoms with Gasteiger partial charge in [-0.3, -0.25) is 23.5 Å². The van der Waals surface area contributed by atoms with Crippen molar-refractivity contribution in [3.8, 4) is 11.8 Å². The Labute approximate surface area is 249 Å². The molecule has 10 heteroatoms. The van der Waals surface area contributed by atoms with Crippen LogP contribution in [0.1, 0.15) is 48.4 Å². The minimum absolute atomic E-state index is 0.00594. The van der Waals surface area contributed by atoms with Gasteiger partial charge < -0.3 is 15.4 Å². The topological polar surface area (TPSA) is 111 Å². The molecule has 0 aliphatic carbocycles. The van der Waals surface area contributed by atoms with Gasteiger partial charge in [0, 0.05) is 43.9 Å². The van der Waals surface area contributed by atoms with Crippen LogP contribution >= 0.6 is 11.6 Å². The third-order valence-corrected chi connectivity index (χ3v) is 7.70. The van der Waals surface area contributed by atoms with Crippen molar-refractivity contribution < 1.29 is 14.3 Å². The number of aryl methyl sites for hydroxylation is 3. The predicted molar refractivity (Wildman–Crippen MR) is 164 cm³/mol. The number of halogens is 1. The highest BCUT2D eigenvalue weighted by Gasteiger charge is 2.22. The number of anilines is 2. The van der Waals surface area contributed by atoms with Crippen molar-refractivity contribution in [3.63, 3.8) is 0 Å². The van der Waals surface area contributed by atoms with Crippen LogP contribution in [-0.4, -0.2) is 34.2 Å². The van der Waals surface area contributed by atoms with E-state index < -0.39 is 11.2 Å². The summed E-state index contributed by atoms with van der Waals surface area (Å²) < 4.78 is 7.39. The normalized spacial score (nSPS) is 13.2. The number of amides is 2. The summed E-state index contributed by atoms with van der Waals surface area (Å²) in [5, 5.41) is 5.44. The molecular weight excluding hydrogens is 556 g/mol. The lowest BCUT2D eigenvalue weighted by molar-refractivity contribution is -0.122. The Morgan fingerprint density at radius 2 is 1.79 bits per heavy atom. The van der Waals surface area contributed by atoms with Gasteiger partial charge in [0.25, 0.3) is 5.56 Å². The number of carbonyl (C=O) groups is 2. The van der Waals surface area contributed by atoms with Crippen LogP contribution in [-0.2, 0) is 40.8 Å². The minimum atomic E-state index is -0.691. The Morgan fingerprint density at radius 3 is 2.48 bits per heavy atom. The molecule has 1 aromatic heterocycles. The first-order chi connectivity index (χ1) is 20.2. The van der Waals surface area contributed by atoms with Crippen LogP contribution < -0.4 is 21.9 Å². The lowest BCUT2D eigenvalue weighted by atomic mass is 9.98. The van der Waals surface area contributed by atoms with Crippen LogP contribution in [0, 0.1) is 24.7 Å². The fourth-order valence-corrected chi connectivity index (χ4v) is 4.96. The molecule has 3 aromatic rings. The molecule has 1 fully saturated rings. The molecule has 2 N–H and O–H groups in total. The highest BCUT2D eigenvalue weighted by atomic mass is 35.5. The summed E-state index contributed by atoms with van der Waals surface area (Å²) in [6.07, 6.45) is 2.75. The predicted octanol–water partition coefficient (Wildman–Crippen LogP) is 4.06. The average Bonchev–Trinajstić information content (AvgIpc) is 3.00. The lowest BCUT2D eigenvalue weighted by Gasteiger charge is -2.22. The maximum absolute atomic E-state index is 12.8. The summed E-state index contributed by atoms with van der Waals surface area (Å²) >= 11 is 6.45. The number of nitrogens with zero attached hydrogens (tertiary/aromatic N) is 2. The Balaban J connectivity index is 1.47. The van der Waals surface area contributed by atoms with Gasteiger partial charge in [-0.1, -0.05) is 60.2 Å². The molecule has 2 heterocycles. The lowest BCUT2D eigenvalue weighted by Crippen LogP contribution is -2.40. The number of ether oxygens (including phenoxy) is 1. The number of nitrogens with one attached hydrogen (secondary N) is 2. The SMILES string of the molecule is CCc1cc(C#CCn2c(Cl)c(NC(=O)CCc3ccc(C)cc3)c(=O)n(C)c2=O)ccc1NC(=O)C1CCOCC1. The Morgan fingerprint density at radius 1 is 1.07 bits per heavy atom. The molecule has 1 aliphatic heterocycles. The van der Waals surface area contributed by atoms with Crippen LogP contribution in [0.15, 0.2) is 52.1 Å². The zero-order valence-corrected chi connectivity index (χ0v) is 24.8. The summed E-state index contributed by atoms with van der Waals surface area (Å²) in [7, 11) is 1.33. The maximum atomic E-state index is 12.8. The molecule has 0 unspecified atom stereocenters. The molecular formula is C32H35ClN4O5. The molecule has 0 spiro atoms. The molecule has 220 valence electrons. The Kier molecular flexibility index (Phi) is 10.4. The van der Waals surface area contributed by atoms with Crippen LogP contribution in [0.2, 0.25) is 5.15 Å². The van der Waals surface area contributed by atoms with E-state index in [0.29, 0.717) is 44.5 Å². The van der Waals surface area contributed by atoms with Crippen molar-refractivity contribution in [1.29, 1.82) is 0 Å². The highest BCUT2D eigenvalue weighted by Crippen LogP contribution is 2.22. The van der Waals surface area contributed by atoms with Crippen molar-refractivity contribution >= 4 is 34.8 Å². The van der Waals surface area contributed by atoms with Crippen molar-refractivity contribution in [2.75, 3.05) is 23.8 Å². The summed E-state index contributed by atoms with van der Waals surface area (Å²) in [5.41, 5.74) is 3.02. The quantitative estimate of drug-likeness (QED) is 0.304. The number of aromatic nitrogens is 2. The van der Waals surface area contributed by atoms with E-state index in [9.17, 15) is 19.2 Å². The van der Waals surface area contributed by atoms with E-state index in [1.165, 1.54) is 7.05 Å². The van der Waals surface area contributed by atoms with Crippen molar-refractivity contribution in [3.05, 3.63) is 90.7 Å². The third kappa shape index (κ3) is 7.58. The second-order valence-corrected chi connectivity index (χ2v) is 10.7. The van der Waals surface area contributed by atoms with Crippen LogP contribution in [0.25, 0.3) is 0 Å². The summed E-state index contributed by atoms with van der Waals surface area (Å²) in [6.45, 7) is 5.08. The van der Waals surface area contributed by atoms with Gasteiger partial charge in [-0.05, 0) is 61.9 Å². The number of benzene rings is 2. The van der Waals surface area contributed by atoms with Gasteiger partial charge in [0.15, 0.2) is 0 Å². The zero-order valence-electron chi connectivity index (χ0n) is 24.1. The van der Waals surface area contributed by atoms with Crippen molar-refractivity contribution in [2.45, 2.75) is 52.5 Å². The second-order valence-electron chi connectivity index (χ2n) is 10.3. The molecule has 0 radical (unpaired) electrons. The molecule has 0 atom stereocenters. The first-order valence-electron chi connectivity index (χ1n) is 14.0. The van der Waals surface area contributed by atoms with Crippen LogP contribution in [0.4, 0.5) is 11.4 Å². The largest absolute Gasteiger partial charge is 0.381 e. The fraction of sp³-hybridized carbons (Fsp3) is 0.375. The van der Waals surface area contributed by atoms with Gasteiger partial charge in [0.2, 0.25) is 11.8 Å². The van der Waals surface area contributed by atoms with Crippen molar-refractivity contribution in [1.82, 2.24) is 9.13 Å². The Hall–Kier alpha value is -4.13. The molecule has 4 rings (SSSR count). The van der Waals surface area contributed by atoms with Crippen molar-refractivity contribution in [2.24, 2.45) is 13.0 Å². The molecule has 2 aromatic carbocycles. The van der Waals surface area contributed by atoms with Gasteiger partial charge in [-0.15, -0.1) is 0 Å². The first-order valence-corrected chi connectivity index (χ1v) is 14.4. The number of hydrogen-bond acceptors (Lipinski definition) is 5. The standard InChI is InChI=1S/C32H35ClN4O5/c1-4-24-20-23(11-13-26(24)34-30(39)25-15-18-42-19-16-25)6-5-17-37-29(33)28(31(40)36(3)32(37)41)35-27(38)14-12-22-9-7-21(2)8-10-22/h7-11,13,20,25H,4,12,14-19H2,1-3H3,(H,34,39)(H,35,38). The van der Waals surface area contributed by atoms with E-state index in [0.717, 1.165) is 31.5 Å². The minimum Gasteiger partial charge on any atom is -0.381 e. The van der Waals surface area contributed by atoms with E-state index in [1.807, 2.05) is 50.2 Å². The molecule has 2 amide bonds. The van der Waals surface area contributed by atoms with E-state index in [-0.39, 0.29) is 41.5 Å². The van der Waals surface area contributed by atoms with Gasteiger partial charge >= 0.3 is 5.69 Å². The molecule has 9 nitrogen and oxygen atoms in total. The van der Waals surface area contributed by atoms with Gasteiger partial charge in [-0.25, -0.2) is 4.79 Å². The van der Waals surface area contributed by atoms with Crippen LogP contribution in [0.3, 0.4) is 0 Å². The molecule has 0 saturated carbocycles. The number of hydrogen-bond donors (Lipinski definition) is 2. The zero-order chi connectivity index (χ0) is 30.2. The molecule has 0 bridgehead atoms. The van der Waals surface area contributed by atoms with Gasteiger partial charge in [0.1, 0.15) is 10.8 Å². The van der Waals surface area contributed by atoms with Crippen LogP contribution in [0.5, 0.6) is 0 Å². The van der Waals surface area contributed by atoms with E-state index >= 15 is 0 Å². The number of rotatable bonds is 8. The van der Waals surface area contributed by atoms with E-state index in [1.54, 1.807) is 6.07 Å². The number of carbonyl (C=O) groups excluding carboxylic acids is 2. The Bertz CT molecular complexity index is 1640. The summed E-state index contributed by atoms with van der Waals surface area (Å²) in [5.74, 6) is 5.52. The average molecular weight is 591 g/mol. The maximum Gasteiger partial charge on any atom is 0.332 e. The third-order valence-electron chi connectivity index (χ3n) is 7.31. The van der Waals surface area contributed by atoms with E-state index in [4.69, 9.17) is 16.3 Å². The summed E-state index contributed by atoms with van der Waals surface area (Å²) in [4.78, 5) is 50.9. The smallest absolute Gasteiger partial charge is 0.332 e. The second kappa shape index (κ2) is 14.2. The monoisotopic (exact) mass is 590 g/mol. The molecule has 42 heavy (non-hydrogen) atoms.